The number of esters is 1. The molecule has 3 amide bonds. The second kappa shape index (κ2) is 9.54. The van der Waals surface area contributed by atoms with Gasteiger partial charge in [0.25, 0.3) is 11.8 Å². The molecule has 8 nitrogen and oxygen atoms in total. The zero-order valence-electron chi connectivity index (χ0n) is 20.7. The number of fused-ring (bicyclic) bond motifs is 3. The molecular formula is C29H27N3O5. The molecule has 1 unspecified atom stereocenters. The van der Waals surface area contributed by atoms with E-state index in [1.807, 2.05) is 56.3 Å². The van der Waals surface area contributed by atoms with Crippen molar-refractivity contribution < 1.29 is 23.9 Å². The monoisotopic (exact) mass is 497 g/mol. The maximum Gasteiger partial charge on any atom is 0.354 e. The summed E-state index contributed by atoms with van der Waals surface area (Å²) in [7, 11) is 0. The first kappa shape index (κ1) is 24.2. The molecule has 3 aromatic rings. The summed E-state index contributed by atoms with van der Waals surface area (Å²) >= 11 is 0. The quantitative estimate of drug-likeness (QED) is 0.520. The Morgan fingerprint density at radius 3 is 2.43 bits per heavy atom. The molecule has 2 aliphatic heterocycles. The third kappa shape index (κ3) is 4.24. The van der Waals surface area contributed by atoms with Gasteiger partial charge in [0.2, 0.25) is 11.6 Å². The molecule has 2 heterocycles. The molecule has 1 fully saturated rings. The summed E-state index contributed by atoms with van der Waals surface area (Å²) in [5, 5.41) is 2.73. The Bertz CT molecular complexity index is 1400. The van der Waals surface area contributed by atoms with Gasteiger partial charge < -0.3 is 15.0 Å². The molecule has 0 spiro atoms. The van der Waals surface area contributed by atoms with Crippen LogP contribution in [-0.4, -0.2) is 40.9 Å². The summed E-state index contributed by atoms with van der Waals surface area (Å²) in [6, 6.07) is 21.5. The normalized spacial score (nSPS) is 18.3. The Labute approximate surface area is 214 Å². The fourth-order valence-electron chi connectivity index (χ4n) is 5.00. The second-order valence-electron chi connectivity index (χ2n) is 9.36. The van der Waals surface area contributed by atoms with Gasteiger partial charge in [-0.1, -0.05) is 48.5 Å². The largest absolute Gasteiger partial charge is 0.452 e. The molecule has 37 heavy (non-hydrogen) atoms. The van der Waals surface area contributed by atoms with Gasteiger partial charge >= 0.3 is 5.97 Å². The zero-order chi connectivity index (χ0) is 26.2. The van der Waals surface area contributed by atoms with Crippen molar-refractivity contribution in [1.82, 2.24) is 4.90 Å². The van der Waals surface area contributed by atoms with Crippen molar-refractivity contribution in [3.63, 3.8) is 0 Å². The van der Waals surface area contributed by atoms with Crippen LogP contribution >= 0.6 is 0 Å². The Kier molecular flexibility index (Phi) is 6.25. The number of amides is 3. The Morgan fingerprint density at radius 2 is 1.68 bits per heavy atom. The highest BCUT2D eigenvalue weighted by molar-refractivity contribution is 6.15. The molecule has 0 radical (unpaired) electrons. The summed E-state index contributed by atoms with van der Waals surface area (Å²) in [6.07, 6.45) is 0.132. The third-order valence-electron chi connectivity index (χ3n) is 7.01. The van der Waals surface area contributed by atoms with Crippen molar-refractivity contribution in [2.75, 3.05) is 16.8 Å². The van der Waals surface area contributed by atoms with Crippen LogP contribution in [0.3, 0.4) is 0 Å². The lowest BCUT2D eigenvalue weighted by Gasteiger charge is -2.48. The minimum atomic E-state index is -1.68. The SMILES string of the molecule is Cc1ccc(NC(=O)COC(=O)C23CCC(=O)N2c2ccccc2C(=O)N3Cc2ccccc2)cc1C. The van der Waals surface area contributed by atoms with E-state index >= 15 is 0 Å². The molecule has 1 saturated heterocycles. The lowest BCUT2D eigenvalue weighted by molar-refractivity contribution is -0.159. The van der Waals surface area contributed by atoms with Crippen LogP contribution in [0.4, 0.5) is 11.4 Å². The summed E-state index contributed by atoms with van der Waals surface area (Å²) < 4.78 is 5.52. The van der Waals surface area contributed by atoms with Crippen LogP contribution in [0.1, 0.15) is 39.9 Å². The molecule has 2 aliphatic rings. The number of carbonyl (C=O) groups excluding carboxylic acids is 4. The van der Waals surface area contributed by atoms with Crippen LogP contribution in [0.15, 0.2) is 72.8 Å². The van der Waals surface area contributed by atoms with Gasteiger partial charge in [-0.3, -0.25) is 19.3 Å². The van der Waals surface area contributed by atoms with Crippen LogP contribution in [0, 0.1) is 13.8 Å². The van der Waals surface area contributed by atoms with E-state index in [1.54, 1.807) is 30.3 Å². The Balaban J connectivity index is 1.45. The summed E-state index contributed by atoms with van der Waals surface area (Å²) in [5.41, 5.74) is 2.53. The van der Waals surface area contributed by atoms with Crippen LogP contribution in [-0.2, 0) is 25.7 Å². The number of ether oxygens (including phenoxy) is 1. The molecule has 5 rings (SSSR count). The fourth-order valence-corrected chi connectivity index (χ4v) is 5.00. The lowest BCUT2D eigenvalue weighted by Crippen LogP contribution is -2.68. The molecular weight excluding hydrogens is 470 g/mol. The number of para-hydroxylation sites is 1. The van der Waals surface area contributed by atoms with Gasteiger partial charge in [0.15, 0.2) is 6.61 Å². The molecule has 1 N–H and O–H groups in total. The molecule has 188 valence electrons. The van der Waals surface area contributed by atoms with E-state index in [0.29, 0.717) is 16.9 Å². The zero-order valence-corrected chi connectivity index (χ0v) is 20.7. The number of hydrogen-bond acceptors (Lipinski definition) is 5. The first-order valence-corrected chi connectivity index (χ1v) is 12.1. The van der Waals surface area contributed by atoms with Gasteiger partial charge in [-0.2, -0.15) is 0 Å². The summed E-state index contributed by atoms with van der Waals surface area (Å²) in [6.45, 7) is 3.46. The molecule has 1 atom stereocenters. The van der Waals surface area contributed by atoms with Gasteiger partial charge in [0, 0.05) is 25.1 Å². The third-order valence-corrected chi connectivity index (χ3v) is 7.01. The van der Waals surface area contributed by atoms with Gasteiger partial charge in [0.05, 0.1) is 11.3 Å². The van der Waals surface area contributed by atoms with Crippen LogP contribution < -0.4 is 10.2 Å². The predicted octanol–water partition coefficient (Wildman–Crippen LogP) is 3.96. The highest BCUT2D eigenvalue weighted by Gasteiger charge is 2.62. The molecule has 0 saturated carbocycles. The van der Waals surface area contributed by atoms with Crippen molar-refractivity contribution in [1.29, 1.82) is 0 Å². The van der Waals surface area contributed by atoms with Crippen molar-refractivity contribution in [3.8, 4) is 0 Å². The van der Waals surface area contributed by atoms with Gasteiger partial charge in [-0.25, -0.2) is 4.79 Å². The van der Waals surface area contributed by atoms with Crippen molar-refractivity contribution in [3.05, 3.63) is 95.1 Å². The van der Waals surface area contributed by atoms with E-state index in [1.165, 1.54) is 9.80 Å². The predicted molar refractivity (Wildman–Crippen MR) is 138 cm³/mol. The van der Waals surface area contributed by atoms with E-state index in [4.69, 9.17) is 4.74 Å². The minimum Gasteiger partial charge on any atom is -0.452 e. The van der Waals surface area contributed by atoms with E-state index in [-0.39, 0.29) is 31.2 Å². The van der Waals surface area contributed by atoms with Crippen LogP contribution in [0.2, 0.25) is 0 Å². The maximum absolute atomic E-state index is 13.8. The van der Waals surface area contributed by atoms with E-state index < -0.39 is 24.1 Å². The minimum absolute atomic E-state index is 0.0658. The standard InChI is InChI=1S/C29H27N3O5/c1-19-12-13-22(16-20(19)2)30-25(33)18-37-28(36)29-15-14-26(34)32(29)24-11-7-6-10-23(24)27(35)31(29)17-21-8-4-3-5-9-21/h3-13,16H,14-15,17-18H2,1-2H3,(H,30,33). The number of nitrogens with one attached hydrogen (secondary N) is 1. The first-order chi connectivity index (χ1) is 17.8. The van der Waals surface area contributed by atoms with Crippen molar-refractivity contribution in [2.24, 2.45) is 0 Å². The second-order valence-corrected chi connectivity index (χ2v) is 9.36. The van der Waals surface area contributed by atoms with Gasteiger partial charge in [-0.05, 0) is 54.8 Å². The van der Waals surface area contributed by atoms with E-state index in [2.05, 4.69) is 5.32 Å². The number of benzene rings is 3. The smallest absolute Gasteiger partial charge is 0.354 e. The van der Waals surface area contributed by atoms with Crippen LogP contribution in [0.25, 0.3) is 0 Å². The molecule has 8 heteroatoms. The highest BCUT2D eigenvalue weighted by atomic mass is 16.5. The molecule has 3 aromatic carbocycles. The average Bonchev–Trinajstić information content (AvgIpc) is 3.26. The number of nitrogens with zero attached hydrogens (tertiary/aromatic N) is 2. The molecule has 0 aliphatic carbocycles. The van der Waals surface area contributed by atoms with Gasteiger partial charge in [-0.15, -0.1) is 0 Å². The number of hydrogen-bond donors (Lipinski definition) is 1. The summed E-state index contributed by atoms with van der Waals surface area (Å²) in [4.78, 5) is 56.0. The molecule has 0 aromatic heterocycles. The number of rotatable bonds is 6. The van der Waals surface area contributed by atoms with Gasteiger partial charge in [0.1, 0.15) is 0 Å². The highest BCUT2D eigenvalue weighted by Crippen LogP contribution is 2.45. The maximum atomic E-state index is 13.8. The number of aryl methyl sites for hydroxylation is 2. The Morgan fingerprint density at radius 1 is 0.946 bits per heavy atom. The molecule has 0 bridgehead atoms. The van der Waals surface area contributed by atoms with E-state index in [0.717, 1.165) is 16.7 Å². The lowest BCUT2D eigenvalue weighted by atomic mass is 9.95. The number of anilines is 2. The fraction of sp³-hybridized carbons (Fsp3) is 0.241. The first-order valence-electron chi connectivity index (χ1n) is 12.1. The van der Waals surface area contributed by atoms with Crippen molar-refractivity contribution in [2.45, 2.75) is 38.9 Å². The van der Waals surface area contributed by atoms with Crippen LogP contribution in [0.5, 0.6) is 0 Å². The average molecular weight is 498 g/mol. The Hall–Kier alpha value is -4.46. The summed E-state index contributed by atoms with van der Waals surface area (Å²) in [5.74, 6) is -1.98. The van der Waals surface area contributed by atoms with Crippen molar-refractivity contribution >= 4 is 35.1 Å². The number of carbonyl (C=O) groups is 4. The topological polar surface area (TPSA) is 96.0 Å². The van der Waals surface area contributed by atoms with E-state index in [9.17, 15) is 19.2 Å².